The van der Waals surface area contributed by atoms with Gasteiger partial charge in [-0.25, -0.2) is 4.68 Å². The second-order valence-corrected chi connectivity index (χ2v) is 6.40. The summed E-state index contributed by atoms with van der Waals surface area (Å²) in [5.74, 6) is 1.83. The fraction of sp³-hybridized carbons (Fsp3) is 0.611. The van der Waals surface area contributed by atoms with Crippen molar-refractivity contribution in [2.24, 2.45) is 0 Å². The maximum atomic E-state index is 5.34. The number of benzene rings is 1. The van der Waals surface area contributed by atoms with Crippen molar-refractivity contribution in [3.63, 3.8) is 0 Å². The quantitative estimate of drug-likeness (QED) is 0.708. The number of anilines is 1. The average Bonchev–Trinajstić information content (AvgIpc) is 3.16. The molecule has 1 aromatic heterocycles. The number of ether oxygens (including phenoxy) is 2. The minimum Gasteiger partial charge on any atom is -0.497 e. The highest BCUT2D eigenvalue weighted by molar-refractivity contribution is 5.51. The summed E-state index contributed by atoms with van der Waals surface area (Å²) < 4.78 is 12.4. The van der Waals surface area contributed by atoms with E-state index >= 15 is 0 Å². The standard InChI is InChI=1S/C18H28N6O2/c1-4-17(18-19-20-21-24(18)12-13-25-2)23-10-8-22(9-11-23)15-6-5-7-16(14-15)26-3/h5-7,14,17H,4,8-13H2,1-3H3. The van der Waals surface area contributed by atoms with Crippen LogP contribution in [0, 0.1) is 0 Å². The van der Waals surface area contributed by atoms with Crippen LogP contribution in [0.1, 0.15) is 25.2 Å². The van der Waals surface area contributed by atoms with Crippen LogP contribution in [0.3, 0.4) is 0 Å². The Labute approximate surface area is 154 Å². The first kappa shape index (κ1) is 18.6. The first-order chi connectivity index (χ1) is 12.8. The van der Waals surface area contributed by atoms with E-state index in [2.05, 4.69) is 44.4 Å². The molecule has 1 aliphatic rings. The van der Waals surface area contributed by atoms with Gasteiger partial charge in [-0.3, -0.25) is 4.90 Å². The van der Waals surface area contributed by atoms with Gasteiger partial charge >= 0.3 is 0 Å². The lowest BCUT2D eigenvalue weighted by Gasteiger charge is -2.39. The lowest BCUT2D eigenvalue weighted by molar-refractivity contribution is 0.157. The van der Waals surface area contributed by atoms with Gasteiger partial charge in [0.05, 0.1) is 26.3 Å². The summed E-state index contributed by atoms with van der Waals surface area (Å²) in [5, 5.41) is 12.3. The first-order valence-electron chi connectivity index (χ1n) is 9.14. The zero-order valence-electron chi connectivity index (χ0n) is 15.8. The van der Waals surface area contributed by atoms with Crippen LogP contribution in [-0.2, 0) is 11.3 Å². The van der Waals surface area contributed by atoms with E-state index in [0.717, 1.165) is 44.2 Å². The van der Waals surface area contributed by atoms with Gasteiger partial charge < -0.3 is 14.4 Å². The van der Waals surface area contributed by atoms with Gasteiger partial charge in [0, 0.05) is 45.0 Å². The summed E-state index contributed by atoms with van der Waals surface area (Å²) in [5.41, 5.74) is 1.21. The second kappa shape index (κ2) is 8.95. The topological polar surface area (TPSA) is 68.5 Å². The second-order valence-electron chi connectivity index (χ2n) is 6.40. The molecule has 0 aliphatic carbocycles. The minimum absolute atomic E-state index is 0.231. The Balaban J connectivity index is 1.65. The van der Waals surface area contributed by atoms with E-state index in [1.807, 2.05) is 16.8 Å². The smallest absolute Gasteiger partial charge is 0.168 e. The zero-order valence-corrected chi connectivity index (χ0v) is 15.8. The first-order valence-corrected chi connectivity index (χ1v) is 9.14. The Morgan fingerprint density at radius 1 is 1.15 bits per heavy atom. The lowest BCUT2D eigenvalue weighted by Crippen LogP contribution is -2.48. The normalized spacial score (nSPS) is 16.7. The molecule has 1 aromatic carbocycles. The van der Waals surface area contributed by atoms with Crippen LogP contribution in [-0.4, -0.2) is 72.1 Å². The molecule has 26 heavy (non-hydrogen) atoms. The molecular formula is C18H28N6O2. The largest absolute Gasteiger partial charge is 0.497 e. The molecule has 0 bridgehead atoms. The van der Waals surface area contributed by atoms with Crippen LogP contribution >= 0.6 is 0 Å². The molecule has 142 valence electrons. The monoisotopic (exact) mass is 360 g/mol. The predicted molar refractivity (Wildman–Crippen MR) is 99.5 cm³/mol. The van der Waals surface area contributed by atoms with Crippen molar-refractivity contribution >= 4 is 5.69 Å². The molecule has 2 aromatic rings. The van der Waals surface area contributed by atoms with E-state index in [9.17, 15) is 0 Å². The predicted octanol–water partition coefficient (Wildman–Crippen LogP) is 1.60. The fourth-order valence-electron chi connectivity index (χ4n) is 3.49. The molecule has 1 unspecified atom stereocenters. The average molecular weight is 360 g/mol. The summed E-state index contributed by atoms with van der Waals surface area (Å²) in [6.07, 6.45) is 0.979. The molecule has 0 amide bonds. The van der Waals surface area contributed by atoms with Crippen LogP contribution in [0.25, 0.3) is 0 Å². The number of tetrazole rings is 1. The van der Waals surface area contributed by atoms with Gasteiger partial charge in [-0.2, -0.15) is 0 Å². The molecule has 1 saturated heterocycles. The molecule has 2 heterocycles. The zero-order chi connectivity index (χ0) is 18.4. The van der Waals surface area contributed by atoms with Crippen molar-refractivity contribution in [2.45, 2.75) is 25.9 Å². The lowest BCUT2D eigenvalue weighted by atomic mass is 10.1. The third kappa shape index (κ3) is 4.13. The minimum atomic E-state index is 0.231. The van der Waals surface area contributed by atoms with E-state index in [1.54, 1.807) is 14.2 Å². The third-order valence-corrected chi connectivity index (χ3v) is 4.93. The van der Waals surface area contributed by atoms with Gasteiger partial charge in [-0.05, 0) is 29.0 Å². The van der Waals surface area contributed by atoms with E-state index in [1.165, 1.54) is 5.69 Å². The summed E-state index contributed by atoms with van der Waals surface area (Å²) in [6, 6.07) is 8.49. The number of rotatable bonds is 8. The molecule has 8 nitrogen and oxygen atoms in total. The van der Waals surface area contributed by atoms with Crippen LogP contribution in [0.15, 0.2) is 24.3 Å². The number of methoxy groups -OCH3 is 2. The Hall–Kier alpha value is -2.19. The SMILES string of the molecule is CCC(c1nnnn1CCOC)N1CCN(c2cccc(OC)c2)CC1. The van der Waals surface area contributed by atoms with Crippen LogP contribution < -0.4 is 9.64 Å². The maximum Gasteiger partial charge on any atom is 0.168 e. The van der Waals surface area contributed by atoms with Crippen LogP contribution in [0.2, 0.25) is 0 Å². The van der Waals surface area contributed by atoms with Crippen molar-refractivity contribution in [2.75, 3.05) is 51.9 Å². The van der Waals surface area contributed by atoms with Crippen LogP contribution in [0.4, 0.5) is 5.69 Å². The van der Waals surface area contributed by atoms with Crippen molar-refractivity contribution < 1.29 is 9.47 Å². The number of nitrogens with zero attached hydrogens (tertiary/aromatic N) is 6. The Morgan fingerprint density at radius 3 is 2.65 bits per heavy atom. The third-order valence-electron chi connectivity index (χ3n) is 4.93. The molecule has 0 saturated carbocycles. The molecule has 8 heteroatoms. The van der Waals surface area contributed by atoms with Crippen molar-refractivity contribution in [1.29, 1.82) is 0 Å². The Morgan fingerprint density at radius 2 is 1.96 bits per heavy atom. The van der Waals surface area contributed by atoms with E-state index < -0.39 is 0 Å². The number of aromatic nitrogens is 4. The highest BCUT2D eigenvalue weighted by Gasteiger charge is 2.28. The summed E-state index contributed by atoms with van der Waals surface area (Å²) in [7, 11) is 3.40. The van der Waals surface area contributed by atoms with Gasteiger partial charge in [0.15, 0.2) is 5.82 Å². The number of hydrogen-bond acceptors (Lipinski definition) is 7. The number of hydrogen-bond donors (Lipinski definition) is 0. The van der Waals surface area contributed by atoms with Gasteiger partial charge in [0.2, 0.25) is 0 Å². The van der Waals surface area contributed by atoms with Crippen molar-refractivity contribution in [3.8, 4) is 5.75 Å². The highest BCUT2D eigenvalue weighted by Crippen LogP contribution is 2.26. The summed E-state index contributed by atoms with van der Waals surface area (Å²) >= 11 is 0. The van der Waals surface area contributed by atoms with Crippen molar-refractivity contribution in [1.82, 2.24) is 25.1 Å². The van der Waals surface area contributed by atoms with Gasteiger partial charge in [-0.15, -0.1) is 5.10 Å². The van der Waals surface area contributed by atoms with E-state index in [4.69, 9.17) is 9.47 Å². The molecule has 3 rings (SSSR count). The van der Waals surface area contributed by atoms with E-state index in [0.29, 0.717) is 13.2 Å². The van der Waals surface area contributed by atoms with Gasteiger partial charge in [-0.1, -0.05) is 13.0 Å². The summed E-state index contributed by atoms with van der Waals surface area (Å²) in [4.78, 5) is 4.88. The van der Waals surface area contributed by atoms with Crippen molar-refractivity contribution in [3.05, 3.63) is 30.1 Å². The highest BCUT2D eigenvalue weighted by atomic mass is 16.5. The summed E-state index contributed by atoms with van der Waals surface area (Å²) in [6.45, 7) is 7.39. The fourth-order valence-corrected chi connectivity index (χ4v) is 3.49. The Kier molecular flexibility index (Phi) is 6.40. The van der Waals surface area contributed by atoms with E-state index in [-0.39, 0.29) is 6.04 Å². The van der Waals surface area contributed by atoms with Gasteiger partial charge in [0.1, 0.15) is 5.75 Å². The molecule has 0 N–H and O–H groups in total. The van der Waals surface area contributed by atoms with Gasteiger partial charge in [0.25, 0.3) is 0 Å². The number of piperazine rings is 1. The molecular weight excluding hydrogens is 332 g/mol. The molecule has 0 spiro atoms. The van der Waals surface area contributed by atoms with Crippen LogP contribution in [0.5, 0.6) is 5.75 Å². The molecule has 0 radical (unpaired) electrons. The molecule has 1 atom stereocenters. The molecule has 1 fully saturated rings. The Bertz CT molecular complexity index is 684. The molecule has 1 aliphatic heterocycles. The maximum absolute atomic E-state index is 5.34.